The van der Waals surface area contributed by atoms with E-state index in [1.54, 1.807) is 0 Å². The Balaban J connectivity index is 1.52. The van der Waals surface area contributed by atoms with Crippen LogP contribution in [0.2, 0.25) is 0 Å². The molecular weight excluding hydrogens is 861 g/mol. The molecule has 0 atom stereocenters. The van der Waals surface area contributed by atoms with E-state index in [1.165, 1.54) is 142 Å². The van der Waals surface area contributed by atoms with Gasteiger partial charge < -0.3 is 18.6 Å². The second-order valence-corrected chi connectivity index (χ2v) is 22.9. The van der Waals surface area contributed by atoms with Gasteiger partial charge in [0.15, 0.2) is 0 Å². The van der Waals surface area contributed by atoms with Gasteiger partial charge in [-0.15, -0.1) is 27.3 Å². The highest BCUT2D eigenvalue weighted by molar-refractivity contribution is 7.03. The second kappa shape index (κ2) is 16.4. The number of rotatable bonds is 2. The van der Waals surface area contributed by atoms with E-state index in [-0.39, 0.29) is 6.71 Å². The summed E-state index contributed by atoms with van der Waals surface area (Å²) in [4.78, 5) is 0. The summed E-state index contributed by atoms with van der Waals surface area (Å²) in [5, 5.41) is 17.7. The molecule has 0 spiro atoms. The lowest BCUT2D eigenvalue weighted by Crippen LogP contribution is -2.71. The predicted molar refractivity (Wildman–Crippen MR) is 394 cm³/mol. The molecule has 0 bridgehead atoms. The standard InChI is InChI=1S/C43H48B25N3O2/c44-7-3-4-8(45)12(49)17(54)24(61)37(4)70(36(3)23(60)16(53)11(7)48)34-2(1-69)35(71-38-5(9(46)13(50)18(55)25(38)62)6-10(47)14(51)19(56)26(63)39(6)71)43-32(30(34)67)68-31-22(59)15(52)20(57)27(64)40(31)72-41-28(65)21(58)29(66)42(73-43)33(41)68/h44-67H2. The molecule has 322 valence electrons. The maximum absolute atomic E-state index is 12.7. The van der Waals surface area contributed by atoms with Gasteiger partial charge in [-0.25, -0.2) is 0 Å². The van der Waals surface area contributed by atoms with Gasteiger partial charge in [-0.3, -0.25) is 0 Å². The molecule has 2 aliphatic rings. The van der Waals surface area contributed by atoms with Gasteiger partial charge in [-0.2, -0.15) is 5.26 Å². The number of nitriles is 1. The first kappa shape index (κ1) is 50.0. The number of hydrogen-bond acceptors (Lipinski definition) is 3. The molecule has 0 unspecified atom stereocenters. The number of ether oxygens (including phenoxy) is 2. The van der Waals surface area contributed by atoms with E-state index < -0.39 is 0 Å². The van der Waals surface area contributed by atoms with Gasteiger partial charge in [0, 0.05) is 27.5 Å². The first-order valence-electron chi connectivity index (χ1n) is 26.5. The van der Waals surface area contributed by atoms with Crippen LogP contribution in [-0.4, -0.2) is 204 Å². The molecule has 2 aromatic heterocycles. The Labute approximate surface area is 453 Å². The summed E-state index contributed by atoms with van der Waals surface area (Å²) in [6, 6.07) is 3.06. The summed E-state index contributed by atoms with van der Waals surface area (Å²) < 4.78 is 20.3. The van der Waals surface area contributed by atoms with Crippen molar-refractivity contribution in [3.63, 3.8) is 0 Å². The van der Waals surface area contributed by atoms with E-state index in [2.05, 4.69) is 204 Å². The minimum Gasteiger partial charge on any atom is -0.460 e. The first-order chi connectivity index (χ1) is 34.3. The molecule has 0 saturated carbocycles. The second-order valence-electron chi connectivity index (χ2n) is 22.9. The van der Waals surface area contributed by atoms with Gasteiger partial charge in [-0.05, 0) is 32.5 Å². The number of nitrogens with zero attached hydrogens (tertiary/aromatic N) is 3. The third-order valence-electron chi connectivity index (χ3n) is 20.5. The highest BCUT2D eigenvalue weighted by Crippen LogP contribution is 2.41. The van der Waals surface area contributed by atoms with Crippen LogP contribution in [0.3, 0.4) is 0 Å². The quantitative estimate of drug-likeness (QED) is 0.162. The van der Waals surface area contributed by atoms with E-state index in [1.807, 2.05) is 0 Å². The predicted octanol–water partition coefficient (Wildman–Crippen LogP) is -33.3. The minimum atomic E-state index is -0.267. The monoisotopic (exact) mass is 914 g/mol. The lowest BCUT2D eigenvalue weighted by molar-refractivity contribution is 0.471. The summed E-state index contributed by atoms with van der Waals surface area (Å²) >= 11 is 0. The van der Waals surface area contributed by atoms with Crippen LogP contribution in [-0.2, 0) is 0 Å². The Morgan fingerprint density at radius 2 is 0.534 bits per heavy atom. The zero-order valence-corrected chi connectivity index (χ0v) is 48.2. The molecule has 0 radical (unpaired) electrons. The fourth-order valence-corrected chi connectivity index (χ4v) is 14.1. The minimum absolute atomic E-state index is 0.267. The van der Waals surface area contributed by atoms with E-state index in [9.17, 15) is 5.26 Å². The molecule has 0 saturated heterocycles. The van der Waals surface area contributed by atoms with Crippen molar-refractivity contribution >= 4 is 386 Å². The smallest absolute Gasteiger partial charge is 0.259 e. The lowest BCUT2D eigenvalue weighted by atomic mass is 9.30. The van der Waals surface area contributed by atoms with Crippen molar-refractivity contribution in [2.24, 2.45) is 0 Å². The molecule has 0 fully saturated rings. The molecule has 5 nitrogen and oxygen atoms in total. The summed E-state index contributed by atoms with van der Waals surface area (Å²) in [5.74, 6) is 3.41. The Hall–Kier alpha value is -5.15. The summed E-state index contributed by atoms with van der Waals surface area (Å²) in [7, 11) is 54.6. The highest BCUT2D eigenvalue weighted by atomic mass is 16.5. The van der Waals surface area contributed by atoms with E-state index in [4.69, 9.17) is 9.47 Å². The Kier molecular flexibility index (Phi) is 11.3. The van der Waals surface area contributed by atoms with Crippen LogP contribution in [0.1, 0.15) is 5.56 Å². The number of fused-ring (bicyclic) bond motifs is 10. The van der Waals surface area contributed by atoms with Gasteiger partial charge in [0.1, 0.15) is 229 Å². The molecule has 7 aromatic carbocycles. The highest BCUT2D eigenvalue weighted by Gasteiger charge is 2.47. The first-order valence-corrected chi connectivity index (χ1v) is 26.5. The largest absolute Gasteiger partial charge is 0.460 e. The van der Waals surface area contributed by atoms with Crippen LogP contribution in [0.4, 0.5) is 0 Å². The molecule has 0 aliphatic carbocycles. The summed E-state index contributed by atoms with van der Waals surface area (Å²) in [6.45, 7) is -0.267. The van der Waals surface area contributed by atoms with E-state index in [0.717, 1.165) is 83.6 Å². The normalized spacial score (nSPS) is 12.5. The number of hydrogen-bond donors (Lipinski definition) is 0. The fourth-order valence-electron chi connectivity index (χ4n) is 14.1. The maximum atomic E-state index is 12.7. The van der Waals surface area contributed by atoms with Crippen molar-refractivity contribution in [2.75, 3.05) is 0 Å². The van der Waals surface area contributed by atoms with Gasteiger partial charge in [-0.1, -0.05) is 104 Å². The van der Waals surface area contributed by atoms with Crippen molar-refractivity contribution in [1.29, 1.82) is 5.26 Å². The van der Waals surface area contributed by atoms with Crippen molar-refractivity contribution in [2.45, 2.75) is 0 Å². The molecule has 9 aromatic rings. The zero-order chi connectivity index (χ0) is 53.1. The lowest BCUT2D eigenvalue weighted by Gasteiger charge is -2.40. The van der Waals surface area contributed by atoms with Crippen LogP contribution < -0.4 is 157 Å². The molecule has 73 heavy (non-hydrogen) atoms. The number of benzene rings is 7. The molecule has 11 rings (SSSR count). The van der Waals surface area contributed by atoms with Crippen LogP contribution in [0.5, 0.6) is 23.0 Å². The zero-order valence-electron chi connectivity index (χ0n) is 48.2. The Morgan fingerprint density at radius 1 is 0.274 bits per heavy atom. The van der Waals surface area contributed by atoms with Crippen molar-refractivity contribution in [3.05, 3.63) is 5.56 Å². The van der Waals surface area contributed by atoms with Crippen molar-refractivity contribution in [3.8, 4) is 40.4 Å². The maximum Gasteiger partial charge on any atom is 0.259 e. The van der Waals surface area contributed by atoms with Gasteiger partial charge >= 0.3 is 0 Å². The SMILES string of the molecule is Bc1c(B)c(B)c2c(c1B)Oc1c(B)c(B)c(B)c3c1B2c1c(B)c(-n2c4c(B)c(B)c(B)c(B)c4c4c(B)c(B)c(B)c(B)c42)c(C#N)c(-n2c4c(B)c(B)c(B)c(B)c4c4c(B)c(B)c(B)c(B)c42)c1O3. The van der Waals surface area contributed by atoms with Gasteiger partial charge in [0.2, 0.25) is 0 Å². The van der Waals surface area contributed by atoms with Gasteiger partial charge in [0.05, 0.1) is 5.69 Å². The molecule has 2 aliphatic heterocycles. The third kappa shape index (κ3) is 5.98. The average Bonchev–Trinajstić information content (AvgIpc) is 3.92. The Morgan fingerprint density at radius 3 is 0.890 bits per heavy atom. The Bertz CT molecular complexity index is 4120. The average molecular weight is 909 g/mol. The fraction of sp³-hybridized carbons (Fsp3) is 0. The molecule has 0 N–H and O–H groups in total. The van der Waals surface area contributed by atoms with Crippen molar-refractivity contribution in [1.82, 2.24) is 9.13 Å². The van der Waals surface area contributed by atoms with Crippen LogP contribution in [0, 0.1) is 11.3 Å². The van der Waals surface area contributed by atoms with E-state index in [0.29, 0.717) is 5.56 Å². The number of aromatic nitrogens is 2. The van der Waals surface area contributed by atoms with Crippen LogP contribution in [0.15, 0.2) is 0 Å². The van der Waals surface area contributed by atoms with E-state index >= 15 is 0 Å². The van der Waals surface area contributed by atoms with Crippen molar-refractivity contribution < 1.29 is 9.47 Å². The summed E-state index contributed by atoms with van der Waals surface area (Å²) in [5.41, 5.74) is 40.0. The van der Waals surface area contributed by atoms with Crippen LogP contribution in [0.25, 0.3) is 55.0 Å². The third-order valence-corrected chi connectivity index (χ3v) is 20.5. The topological polar surface area (TPSA) is 52.1 Å². The molecule has 30 heteroatoms. The van der Waals surface area contributed by atoms with Gasteiger partial charge in [0.25, 0.3) is 6.71 Å². The molecule has 4 heterocycles. The molecule has 0 amide bonds. The summed E-state index contributed by atoms with van der Waals surface area (Å²) in [6.07, 6.45) is 0. The van der Waals surface area contributed by atoms with Crippen LogP contribution >= 0.6 is 0 Å². The molecular formula is C43H48B25N3O2.